The summed E-state index contributed by atoms with van der Waals surface area (Å²) in [5.74, 6) is 0.575. The number of methoxy groups -OCH3 is 1. The van der Waals surface area contributed by atoms with Crippen LogP contribution < -0.4 is 14.6 Å². The zero-order valence-corrected chi connectivity index (χ0v) is 19.7. The molecule has 0 bridgehead atoms. The molecule has 1 heterocycles. The van der Waals surface area contributed by atoms with Crippen molar-refractivity contribution in [2.75, 3.05) is 13.7 Å². The average molecular weight is 456 g/mol. The summed E-state index contributed by atoms with van der Waals surface area (Å²) in [7, 11) is 1.61. The van der Waals surface area contributed by atoms with Gasteiger partial charge in [0.1, 0.15) is 12.3 Å². The highest BCUT2D eigenvalue weighted by Crippen LogP contribution is 2.14. The molecule has 8 heteroatoms. The van der Waals surface area contributed by atoms with Crippen molar-refractivity contribution in [2.24, 2.45) is 5.16 Å². The van der Waals surface area contributed by atoms with Crippen LogP contribution in [0.5, 0.6) is 5.75 Å². The zero-order valence-electron chi connectivity index (χ0n) is 19.7. The van der Waals surface area contributed by atoms with E-state index in [2.05, 4.69) is 15.0 Å². The monoisotopic (exact) mass is 455 g/mol. The lowest BCUT2D eigenvalue weighted by molar-refractivity contribution is -0.697. The molecular formula is C25H35N4O4+. The van der Waals surface area contributed by atoms with Crippen molar-refractivity contribution < 1.29 is 24.1 Å². The van der Waals surface area contributed by atoms with Gasteiger partial charge in [-0.1, -0.05) is 17.3 Å². The van der Waals surface area contributed by atoms with Crippen molar-refractivity contribution in [3.8, 4) is 5.75 Å². The van der Waals surface area contributed by atoms with Crippen LogP contribution in [0.25, 0.3) is 0 Å². The largest absolute Gasteiger partial charge is 0.497 e. The number of carbonyl (C=O) groups excluding carboxylic acids is 2. The summed E-state index contributed by atoms with van der Waals surface area (Å²) in [6, 6.07) is 11.3. The van der Waals surface area contributed by atoms with Gasteiger partial charge in [-0.05, 0) is 44.4 Å². The van der Waals surface area contributed by atoms with E-state index in [1.165, 1.54) is 6.21 Å². The van der Waals surface area contributed by atoms with Gasteiger partial charge >= 0.3 is 0 Å². The smallest absolute Gasteiger partial charge is 0.239 e. The molecule has 0 radical (unpaired) electrons. The van der Waals surface area contributed by atoms with Crippen LogP contribution in [0.3, 0.4) is 0 Å². The molecule has 2 amide bonds. The minimum Gasteiger partial charge on any atom is -0.497 e. The number of hydrogen-bond donors (Lipinski definition) is 2. The lowest BCUT2D eigenvalue weighted by Crippen LogP contribution is -2.42. The molecule has 1 aromatic carbocycles. The molecule has 2 rings (SSSR count). The second kappa shape index (κ2) is 13.9. The molecule has 0 saturated carbocycles. The van der Waals surface area contributed by atoms with Crippen molar-refractivity contribution in [3.05, 3.63) is 59.9 Å². The topological polar surface area (TPSA) is 95.1 Å². The second-order valence-corrected chi connectivity index (χ2v) is 8.24. The summed E-state index contributed by atoms with van der Waals surface area (Å²) in [6.45, 7) is 5.08. The number of pyridine rings is 1. The Labute approximate surface area is 195 Å². The average Bonchev–Trinajstić information content (AvgIpc) is 2.79. The van der Waals surface area contributed by atoms with Crippen LogP contribution in [0.15, 0.2) is 53.9 Å². The number of benzene rings is 1. The van der Waals surface area contributed by atoms with Gasteiger partial charge in [-0.3, -0.25) is 9.59 Å². The van der Waals surface area contributed by atoms with Gasteiger partial charge in [-0.2, -0.15) is 0 Å². The normalized spacial score (nSPS) is 11.0. The third kappa shape index (κ3) is 9.72. The van der Waals surface area contributed by atoms with Crippen LogP contribution in [0, 0.1) is 0 Å². The summed E-state index contributed by atoms with van der Waals surface area (Å²) in [6.07, 6.45) is 8.28. The Morgan fingerprint density at radius 2 is 1.82 bits per heavy atom. The zero-order chi connectivity index (χ0) is 24.1. The van der Waals surface area contributed by atoms with Crippen LogP contribution in [0.1, 0.15) is 50.7 Å². The number of carbonyl (C=O) groups is 2. The molecule has 178 valence electrons. The first-order valence-corrected chi connectivity index (χ1v) is 11.3. The minimum atomic E-state index is -0.155. The first-order valence-electron chi connectivity index (χ1n) is 11.3. The van der Waals surface area contributed by atoms with Crippen molar-refractivity contribution >= 4 is 18.0 Å². The molecule has 0 unspecified atom stereocenters. The predicted octanol–water partition coefficient (Wildman–Crippen LogP) is 2.90. The molecule has 0 spiro atoms. The Hall–Kier alpha value is -3.42. The Balaban J connectivity index is 1.85. The van der Waals surface area contributed by atoms with Crippen LogP contribution in [-0.2, 0) is 22.7 Å². The van der Waals surface area contributed by atoms with E-state index in [-0.39, 0.29) is 24.4 Å². The van der Waals surface area contributed by atoms with E-state index in [0.717, 1.165) is 42.7 Å². The van der Waals surface area contributed by atoms with Gasteiger partial charge in [0, 0.05) is 43.1 Å². The molecular weight excluding hydrogens is 420 g/mol. The van der Waals surface area contributed by atoms with Crippen molar-refractivity contribution in [1.82, 2.24) is 10.2 Å². The number of oxime groups is 1. The SMILES string of the molecule is COc1ccc(CN(CC(=O)NC(C)C)C(=O)CCCCC[n+]2ccc(/C=N/O)cc2)cc1. The van der Waals surface area contributed by atoms with E-state index in [4.69, 9.17) is 9.94 Å². The van der Waals surface area contributed by atoms with E-state index in [1.54, 1.807) is 12.0 Å². The lowest BCUT2D eigenvalue weighted by Gasteiger charge is -2.23. The molecule has 8 nitrogen and oxygen atoms in total. The minimum absolute atomic E-state index is 0.0231. The van der Waals surface area contributed by atoms with Gasteiger partial charge in [0.25, 0.3) is 0 Å². The van der Waals surface area contributed by atoms with Crippen LogP contribution >= 0.6 is 0 Å². The van der Waals surface area contributed by atoms with Crippen LogP contribution in [0.4, 0.5) is 0 Å². The first-order chi connectivity index (χ1) is 15.9. The number of aryl methyl sites for hydroxylation is 1. The van der Waals surface area contributed by atoms with Gasteiger partial charge in [0.15, 0.2) is 12.4 Å². The predicted molar refractivity (Wildman–Crippen MR) is 126 cm³/mol. The Morgan fingerprint density at radius 1 is 1.12 bits per heavy atom. The maximum atomic E-state index is 12.9. The highest BCUT2D eigenvalue weighted by Gasteiger charge is 2.18. The highest BCUT2D eigenvalue weighted by atomic mass is 16.5. The third-order valence-corrected chi connectivity index (χ3v) is 5.10. The third-order valence-electron chi connectivity index (χ3n) is 5.10. The number of hydrogen-bond acceptors (Lipinski definition) is 5. The molecule has 2 N–H and O–H groups in total. The molecule has 0 aliphatic heterocycles. The molecule has 0 atom stereocenters. The number of rotatable bonds is 13. The molecule has 0 fully saturated rings. The van der Waals surface area contributed by atoms with Crippen LogP contribution in [-0.4, -0.2) is 47.8 Å². The summed E-state index contributed by atoms with van der Waals surface area (Å²) >= 11 is 0. The molecule has 2 aromatic rings. The number of unbranched alkanes of at least 4 members (excludes halogenated alkanes) is 2. The van der Waals surface area contributed by atoms with E-state index >= 15 is 0 Å². The Kier molecular flexibility index (Phi) is 10.9. The van der Waals surface area contributed by atoms with Gasteiger partial charge < -0.3 is 20.2 Å². The highest BCUT2D eigenvalue weighted by molar-refractivity contribution is 5.84. The maximum Gasteiger partial charge on any atom is 0.239 e. The van der Waals surface area contributed by atoms with Gasteiger partial charge in [-0.25, -0.2) is 4.57 Å². The maximum absolute atomic E-state index is 12.9. The molecule has 33 heavy (non-hydrogen) atoms. The number of ether oxygens (including phenoxy) is 1. The van der Waals surface area contributed by atoms with Gasteiger partial charge in [-0.15, -0.1) is 0 Å². The number of nitrogens with zero attached hydrogens (tertiary/aromatic N) is 3. The van der Waals surface area contributed by atoms with E-state index < -0.39 is 0 Å². The molecule has 1 aromatic heterocycles. The van der Waals surface area contributed by atoms with Crippen molar-refractivity contribution in [2.45, 2.75) is 58.7 Å². The summed E-state index contributed by atoms with van der Waals surface area (Å²) in [4.78, 5) is 26.8. The summed E-state index contributed by atoms with van der Waals surface area (Å²) < 4.78 is 7.25. The van der Waals surface area contributed by atoms with Crippen molar-refractivity contribution in [1.29, 1.82) is 0 Å². The molecule has 0 aliphatic carbocycles. The fourth-order valence-corrected chi connectivity index (χ4v) is 3.40. The first kappa shape index (κ1) is 25.8. The Bertz CT molecular complexity index is 896. The number of nitrogens with one attached hydrogen (secondary N) is 1. The van der Waals surface area contributed by atoms with E-state index in [1.807, 2.05) is 62.6 Å². The second-order valence-electron chi connectivity index (χ2n) is 8.24. The van der Waals surface area contributed by atoms with Gasteiger partial charge in [0.2, 0.25) is 11.8 Å². The quantitative estimate of drug-likeness (QED) is 0.160. The number of aromatic nitrogens is 1. The lowest BCUT2D eigenvalue weighted by atomic mass is 10.1. The fourth-order valence-electron chi connectivity index (χ4n) is 3.40. The standard InChI is InChI=1S/C25H34N4O4/c1-20(2)27-24(30)19-29(18-22-8-10-23(33-3)11-9-22)25(31)7-5-4-6-14-28-15-12-21(13-16-28)17-26-32/h8-13,15-17,20H,4-7,14,18-19H2,1-3H3,(H,27,30)/p+1. The van der Waals surface area contributed by atoms with Crippen LogP contribution in [0.2, 0.25) is 0 Å². The summed E-state index contributed by atoms with van der Waals surface area (Å²) in [5, 5.41) is 14.4. The fraction of sp³-hybridized carbons (Fsp3) is 0.440. The molecule has 0 aliphatic rings. The molecule has 0 saturated heterocycles. The summed E-state index contributed by atoms with van der Waals surface area (Å²) in [5.41, 5.74) is 1.78. The Morgan fingerprint density at radius 3 is 2.42 bits per heavy atom. The van der Waals surface area contributed by atoms with E-state index in [9.17, 15) is 9.59 Å². The van der Waals surface area contributed by atoms with Gasteiger partial charge in [0.05, 0.1) is 19.9 Å². The number of amides is 2. The van der Waals surface area contributed by atoms with E-state index in [0.29, 0.717) is 13.0 Å². The van der Waals surface area contributed by atoms with Crippen molar-refractivity contribution in [3.63, 3.8) is 0 Å².